The molecule has 1 heterocycles. The highest BCUT2D eigenvalue weighted by Gasteiger charge is 2.22. The molecule has 17 heavy (non-hydrogen) atoms. The van der Waals surface area contributed by atoms with E-state index >= 15 is 0 Å². The molecule has 1 atom stereocenters. The van der Waals surface area contributed by atoms with Crippen LogP contribution in [-0.4, -0.2) is 44.2 Å². The Morgan fingerprint density at radius 3 is 3.00 bits per heavy atom. The molecule has 3 N–H and O–H groups in total. The summed E-state index contributed by atoms with van der Waals surface area (Å²) in [6, 6.07) is 3.77. The van der Waals surface area contributed by atoms with Crippen molar-refractivity contribution in [1.82, 2.24) is 10.3 Å². The minimum Gasteiger partial charge on any atom is -0.383 e. The molecular weight excluding hydrogens is 238 g/mol. The summed E-state index contributed by atoms with van der Waals surface area (Å²) in [5, 5.41) is 2.05. The molecule has 0 aromatic carbocycles. The van der Waals surface area contributed by atoms with E-state index in [1.54, 1.807) is 18.4 Å². The standard InChI is InChI=1S/C11H19N3O2S/c1-14(6-5-9-4-3-7-17-9)10(8-16-2)11(15)13-12/h3-4,7,10H,5-6,8,12H2,1-2H3,(H,13,15). The van der Waals surface area contributed by atoms with Gasteiger partial charge in [-0.05, 0) is 24.9 Å². The predicted octanol–water partition coefficient (Wildman–Crippen LogP) is 0.227. The number of rotatable bonds is 7. The zero-order valence-electron chi connectivity index (χ0n) is 10.2. The van der Waals surface area contributed by atoms with Crippen LogP contribution in [0.4, 0.5) is 0 Å². The number of likely N-dealkylation sites (N-methyl/N-ethyl adjacent to an activating group) is 1. The van der Waals surface area contributed by atoms with Gasteiger partial charge in [0.1, 0.15) is 6.04 Å². The van der Waals surface area contributed by atoms with E-state index in [-0.39, 0.29) is 11.9 Å². The number of carbonyl (C=O) groups excluding carboxylic acids is 1. The average Bonchev–Trinajstić information content (AvgIpc) is 2.85. The van der Waals surface area contributed by atoms with Crippen LogP contribution in [0.5, 0.6) is 0 Å². The number of hydrogen-bond donors (Lipinski definition) is 2. The number of methoxy groups -OCH3 is 1. The number of hydrogen-bond acceptors (Lipinski definition) is 5. The van der Waals surface area contributed by atoms with Crippen molar-refractivity contribution in [3.63, 3.8) is 0 Å². The van der Waals surface area contributed by atoms with Crippen molar-refractivity contribution in [1.29, 1.82) is 0 Å². The topological polar surface area (TPSA) is 67.6 Å². The second-order valence-electron chi connectivity index (χ2n) is 3.79. The van der Waals surface area contributed by atoms with Crippen LogP contribution in [0.2, 0.25) is 0 Å². The molecule has 5 nitrogen and oxygen atoms in total. The van der Waals surface area contributed by atoms with Gasteiger partial charge in [0.25, 0.3) is 5.91 Å². The maximum Gasteiger partial charge on any atom is 0.253 e. The van der Waals surface area contributed by atoms with Crippen molar-refractivity contribution in [2.75, 3.05) is 27.3 Å². The van der Waals surface area contributed by atoms with Crippen LogP contribution >= 0.6 is 11.3 Å². The Hall–Kier alpha value is -0.950. The van der Waals surface area contributed by atoms with Gasteiger partial charge in [0.2, 0.25) is 0 Å². The van der Waals surface area contributed by atoms with Gasteiger partial charge in [0.05, 0.1) is 6.61 Å². The zero-order valence-corrected chi connectivity index (χ0v) is 11.0. The molecule has 0 aliphatic heterocycles. The van der Waals surface area contributed by atoms with Gasteiger partial charge in [-0.3, -0.25) is 15.1 Å². The van der Waals surface area contributed by atoms with E-state index in [4.69, 9.17) is 10.6 Å². The van der Waals surface area contributed by atoms with Gasteiger partial charge in [0.15, 0.2) is 0 Å². The summed E-state index contributed by atoms with van der Waals surface area (Å²) in [6.07, 6.45) is 0.923. The third-order valence-electron chi connectivity index (χ3n) is 2.59. The lowest BCUT2D eigenvalue weighted by atomic mass is 10.2. The maximum atomic E-state index is 11.5. The number of thiophene rings is 1. The van der Waals surface area contributed by atoms with Gasteiger partial charge in [-0.2, -0.15) is 0 Å². The van der Waals surface area contributed by atoms with Crippen molar-refractivity contribution >= 4 is 17.2 Å². The summed E-state index contributed by atoms with van der Waals surface area (Å²) in [7, 11) is 3.47. The van der Waals surface area contributed by atoms with Crippen LogP contribution in [0.3, 0.4) is 0 Å². The molecule has 96 valence electrons. The molecule has 1 rings (SSSR count). The van der Waals surface area contributed by atoms with E-state index in [1.807, 2.05) is 18.0 Å². The van der Waals surface area contributed by atoms with E-state index in [2.05, 4.69) is 16.9 Å². The van der Waals surface area contributed by atoms with Crippen molar-refractivity contribution < 1.29 is 9.53 Å². The van der Waals surface area contributed by atoms with E-state index in [0.29, 0.717) is 6.61 Å². The van der Waals surface area contributed by atoms with Crippen LogP contribution in [0.1, 0.15) is 4.88 Å². The summed E-state index contributed by atoms with van der Waals surface area (Å²) in [4.78, 5) is 14.8. The van der Waals surface area contributed by atoms with Gasteiger partial charge in [-0.1, -0.05) is 6.07 Å². The second-order valence-corrected chi connectivity index (χ2v) is 4.82. The Bertz CT molecular complexity index is 329. The first-order valence-corrected chi connectivity index (χ1v) is 6.29. The molecule has 0 aliphatic rings. The first-order chi connectivity index (χ1) is 8.19. The molecule has 0 fully saturated rings. The summed E-state index contributed by atoms with van der Waals surface area (Å²) >= 11 is 1.72. The fourth-order valence-corrected chi connectivity index (χ4v) is 2.25. The lowest BCUT2D eigenvalue weighted by Crippen LogP contribution is -2.50. The van der Waals surface area contributed by atoms with E-state index < -0.39 is 0 Å². The van der Waals surface area contributed by atoms with Crippen LogP contribution in [0.15, 0.2) is 17.5 Å². The largest absolute Gasteiger partial charge is 0.383 e. The fraction of sp³-hybridized carbons (Fsp3) is 0.545. The second kappa shape index (κ2) is 7.39. The quantitative estimate of drug-likeness (QED) is 0.417. The number of amides is 1. The summed E-state index contributed by atoms with van der Waals surface area (Å²) in [6.45, 7) is 1.13. The van der Waals surface area contributed by atoms with Crippen molar-refractivity contribution in [2.24, 2.45) is 5.84 Å². The lowest BCUT2D eigenvalue weighted by Gasteiger charge is -2.25. The monoisotopic (exact) mass is 257 g/mol. The molecule has 0 radical (unpaired) electrons. The van der Waals surface area contributed by atoms with Crippen LogP contribution in [0.25, 0.3) is 0 Å². The Balaban J connectivity index is 2.47. The molecule has 1 unspecified atom stereocenters. The molecule has 0 saturated carbocycles. The summed E-state index contributed by atoms with van der Waals surface area (Å²) < 4.78 is 5.03. The number of nitrogens with two attached hydrogens (primary N) is 1. The van der Waals surface area contributed by atoms with Crippen LogP contribution in [-0.2, 0) is 16.0 Å². The third-order valence-corrected chi connectivity index (χ3v) is 3.53. The normalized spacial score (nSPS) is 12.7. The fourth-order valence-electron chi connectivity index (χ4n) is 1.55. The van der Waals surface area contributed by atoms with Gasteiger partial charge >= 0.3 is 0 Å². The molecule has 0 bridgehead atoms. The number of nitrogens with zero attached hydrogens (tertiary/aromatic N) is 1. The highest BCUT2D eigenvalue weighted by atomic mass is 32.1. The van der Waals surface area contributed by atoms with E-state index in [9.17, 15) is 4.79 Å². The highest BCUT2D eigenvalue weighted by molar-refractivity contribution is 7.09. The molecule has 0 saturated heterocycles. The first-order valence-electron chi connectivity index (χ1n) is 5.41. The Morgan fingerprint density at radius 2 is 2.47 bits per heavy atom. The highest BCUT2D eigenvalue weighted by Crippen LogP contribution is 2.10. The van der Waals surface area contributed by atoms with Gasteiger partial charge in [-0.15, -0.1) is 11.3 Å². The Labute approximate surface area is 106 Å². The van der Waals surface area contributed by atoms with E-state index in [1.165, 1.54) is 4.88 Å². The summed E-state index contributed by atoms with van der Waals surface area (Å²) in [5.74, 6) is 4.93. The molecule has 1 amide bonds. The zero-order chi connectivity index (χ0) is 12.7. The molecule has 1 aromatic heterocycles. The first kappa shape index (κ1) is 14.1. The Morgan fingerprint density at radius 1 is 1.71 bits per heavy atom. The van der Waals surface area contributed by atoms with Gasteiger partial charge in [-0.25, -0.2) is 5.84 Å². The van der Waals surface area contributed by atoms with Crippen molar-refractivity contribution in [3.05, 3.63) is 22.4 Å². The number of nitrogens with one attached hydrogen (secondary N) is 1. The van der Waals surface area contributed by atoms with Gasteiger partial charge < -0.3 is 4.74 Å². The van der Waals surface area contributed by atoms with E-state index in [0.717, 1.165) is 13.0 Å². The number of carbonyl (C=O) groups is 1. The van der Waals surface area contributed by atoms with Crippen molar-refractivity contribution in [3.8, 4) is 0 Å². The molecule has 0 spiro atoms. The Kier molecular flexibility index (Phi) is 6.13. The van der Waals surface area contributed by atoms with Crippen molar-refractivity contribution in [2.45, 2.75) is 12.5 Å². The average molecular weight is 257 g/mol. The maximum absolute atomic E-state index is 11.5. The molecule has 6 heteroatoms. The molecule has 1 aromatic rings. The predicted molar refractivity (Wildman–Crippen MR) is 68.6 cm³/mol. The minimum atomic E-state index is -0.343. The van der Waals surface area contributed by atoms with Crippen LogP contribution < -0.4 is 11.3 Å². The number of ether oxygens (including phenoxy) is 1. The molecule has 0 aliphatic carbocycles. The minimum absolute atomic E-state index is 0.222. The lowest BCUT2D eigenvalue weighted by molar-refractivity contribution is -0.127. The third kappa shape index (κ3) is 4.43. The smallest absolute Gasteiger partial charge is 0.253 e. The van der Waals surface area contributed by atoms with Gasteiger partial charge in [0, 0.05) is 18.5 Å². The number of hydrazine groups is 1. The van der Waals surface area contributed by atoms with Crippen LogP contribution in [0, 0.1) is 0 Å². The summed E-state index contributed by atoms with van der Waals surface area (Å²) in [5.41, 5.74) is 2.17. The SMILES string of the molecule is COCC(C(=O)NN)N(C)CCc1cccs1. The molecular formula is C11H19N3O2S.